The summed E-state index contributed by atoms with van der Waals surface area (Å²) in [4.78, 5) is 0. The van der Waals surface area contributed by atoms with Gasteiger partial charge < -0.3 is 5.11 Å². The molecule has 1 fully saturated rings. The fraction of sp³-hybridized carbons (Fsp3) is 0.818. The SMILES string of the molecule is C=C(C)C(C)CC1(O)CCCC1. The number of aliphatic hydroxyl groups is 1. The molecule has 1 unspecified atom stereocenters. The standard InChI is InChI=1S/C11H20O/c1-9(2)10(3)8-11(12)6-4-5-7-11/h10,12H,1,4-8H2,2-3H3. The summed E-state index contributed by atoms with van der Waals surface area (Å²) in [7, 11) is 0. The van der Waals surface area contributed by atoms with Gasteiger partial charge in [0.05, 0.1) is 5.60 Å². The van der Waals surface area contributed by atoms with Gasteiger partial charge in [-0.2, -0.15) is 0 Å². The van der Waals surface area contributed by atoms with Gasteiger partial charge in [0.15, 0.2) is 0 Å². The number of hydrogen-bond donors (Lipinski definition) is 1. The predicted octanol–water partition coefficient (Wildman–Crippen LogP) is 2.89. The van der Waals surface area contributed by atoms with Crippen LogP contribution in [0.5, 0.6) is 0 Å². The van der Waals surface area contributed by atoms with Crippen LogP contribution in [0.3, 0.4) is 0 Å². The zero-order valence-corrected chi connectivity index (χ0v) is 8.27. The molecule has 1 rings (SSSR count). The van der Waals surface area contributed by atoms with E-state index in [-0.39, 0.29) is 5.60 Å². The molecule has 0 bridgehead atoms. The zero-order valence-electron chi connectivity index (χ0n) is 8.27. The van der Waals surface area contributed by atoms with Crippen molar-refractivity contribution in [2.45, 2.75) is 51.6 Å². The van der Waals surface area contributed by atoms with Crippen molar-refractivity contribution in [3.63, 3.8) is 0 Å². The van der Waals surface area contributed by atoms with Crippen LogP contribution in [0.15, 0.2) is 12.2 Å². The lowest BCUT2D eigenvalue weighted by Crippen LogP contribution is -2.26. The summed E-state index contributed by atoms with van der Waals surface area (Å²) >= 11 is 0. The van der Waals surface area contributed by atoms with Crippen LogP contribution in [-0.2, 0) is 0 Å². The van der Waals surface area contributed by atoms with Crippen LogP contribution in [0.4, 0.5) is 0 Å². The molecule has 0 radical (unpaired) electrons. The van der Waals surface area contributed by atoms with Crippen LogP contribution >= 0.6 is 0 Å². The Hall–Kier alpha value is -0.300. The molecule has 0 aromatic heterocycles. The summed E-state index contributed by atoms with van der Waals surface area (Å²) in [6, 6.07) is 0. The number of hydrogen-bond acceptors (Lipinski definition) is 1. The van der Waals surface area contributed by atoms with Gasteiger partial charge in [0, 0.05) is 0 Å². The minimum absolute atomic E-state index is 0.363. The average Bonchev–Trinajstić information content (AvgIpc) is 2.35. The second-order valence-electron chi connectivity index (χ2n) is 4.38. The lowest BCUT2D eigenvalue weighted by molar-refractivity contribution is 0.0287. The van der Waals surface area contributed by atoms with Crippen molar-refractivity contribution in [1.82, 2.24) is 0 Å². The van der Waals surface area contributed by atoms with Gasteiger partial charge in [0.1, 0.15) is 0 Å². The molecule has 1 aliphatic rings. The van der Waals surface area contributed by atoms with Gasteiger partial charge in [0.2, 0.25) is 0 Å². The van der Waals surface area contributed by atoms with E-state index in [4.69, 9.17) is 0 Å². The highest BCUT2D eigenvalue weighted by molar-refractivity contribution is 4.98. The molecule has 0 aromatic rings. The Balaban J connectivity index is 2.43. The highest BCUT2D eigenvalue weighted by Gasteiger charge is 2.32. The van der Waals surface area contributed by atoms with E-state index in [0.717, 1.165) is 19.3 Å². The first kappa shape index (κ1) is 9.79. The molecular formula is C11H20O. The van der Waals surface area contributed by atoms with Gasteiger partial charge in [-0.3, -0.25) is 0 Å². The van der Waals surface area contributed by atoms with Crippen molar-refractivity contribution in [1.29, 1.82) is 0 Å². The first-order chi connectivity index (χ1) is 5.53. The molecule has 1 aliphatic carbocycles. The molecule has 1 N–H and O–H groups in total. The van der Waals surface area contributed by atoms with Crippen molar-refractivity contribution < 1.29 is 5.11 Å². The molecule has 1 nitrogen and oxygen atoms in total. The highest BCUT2D eigenvalue weighted by atomic mass is 16.3. The lowest BCUT2D eigenvalue weighted by atomic mass is 9.87. The first-order valence-electron chi connectivity index (χ1n) is 4.91. The Morgan fingerprint density at radius 2 is 2.00 bits per heavy atom. The zero-order chi connectivity index (χ0) is 9.19. The quantitative estimate of drug-likeness (QED) is 0.642. The first-order valence-corrected chi connectivity index (χ1v) is 4.91. The second-order valence-corrected chi connectivity index (χ2v) is 4.38. The average molecular weight is 168 g/mol. The van der Waals surface area contributed by atoms with Crippen LogP contribution in [0.2, 0.25) is 0 Å². The van der Waals surface area contributed by atoms with Gasteiger partial charge >= 0.3 is 0 Å². The monoisotopic (exact) mass is 168 g/mol. The molecule has 0 spiro atoms. The minimum atomic E-state index is -0.363. The van der Waals surface area contributed by atoms with Gasteiger partial charge in [-0.15, -0.1) is 0 Å². The van der Waals surface area contributed by atoms with Crippen LogP contribution in [-0.4, -0.2) is 10.7 Å². The summed E-state index contributed by atoms with van der Waals surface area (Å²) in [6.07, 6.45) is 5.27. The van der Waals surface area contributed by atoms with Crippen LogP contribution in [0.25, 0.3) is 0 Å². The Labute approximate surface area is 75.5 Å². The van der Waals surface area contributed by atoms with Gasteiger partial charge in [0.25, 0.3) is 0 Å². The van der Waals surface area contributed by atoms with Gasteiger partial charge in [-0.25, -0.2) is 0 Å². The Morgan fingerprint density at radius 3 is 2.42 bits per heavy atom. The maximum atomic E-state index is 10.1. The van der Waals surface area contributed by atoms with Crippen molar-refractivity contribution in [3.05, 3.63) is 12.2 Å². The normalized spacial score (nSPS) is 23.9. The highest BCUT2D eigenvalue weighted by Crippen LogP contribution is 2.35. The molecule has 0 heterocycles. The summed E-state index contributed by atoms with van der Waals surface area (Å²) in [5, 5.41) is 10.1. The van der Waals surface area contributed by atoms with Crippen molar-refractivity contribution in [2.75, 3.05) is 0 Å². The van der Waals surface area contributed by atoms with E-state index in [0.29, 0.717) is 5.92 Å². The molecule has 0 aromatic carbocycles. The fourth-order valence-electron chi connectivity index (χ4n) is 1.98. The third-order valence-corrected chi connectivity index (χ3v) is 3.06. The van der Waals surface area contributed by atoms with E-state index in [9.17, 15) is 5.11 Å². The third kappa shape index (κ3) is 2.34. The van der Waals surface area contributed by atoms with Crippen LogP contribution < -0.4 is 0 Å². The van der Waals surface area contributed by atoms with E-state index < -0.39 is 0 Å². The van der Waals surface area contributed by atoms with Crippen LogP contribution in [0, 0.1) is 5.92 Å². The van der Waals surface area contributed by atoms with Gasteiger partial charge in [-0.1, -0.05) is 31.9 Å². The molecule has 0 aliphatic heterocycles. The molecule has 0 amide bonds. The topological polar surface area (TPSA) is 20.2 Å². The number of allylic oxidation sites excluding steroid dienone is 1. The Kier molecular flexibility index (Phi) is 2.94. The van der Waals surface area contributed by atoms with E-state index in [1.54, 1.807) is 0 Å². The molecule has 12 heavy (non-hydrogen) atoms. The Morgan fingerprint density at radius 1 is 1.50 bits per heavy atom. The second kappa shape index (κ2) is 3.61. The van der Waals surface area contributed by atoms with E-state index in [1.807, 2.05) is 6.92 Å². The van der Waals surface area contributed by atoms with Crippen molar-refractivity contribution >= 4 is 0 Å². The lowest BCUT2D eigenvalue weighted by Gasteiger charge is -2.26. The predicted molar refractivity (Wildman–Crippen MR) is 52.0 cm³/mol. The smallest absolute Gasteiger partial charge is 0.0653 e. The maximum absolute atomic E-state index is 10.1. The molecule has 1 heteroatoms. The van der Waals surface area contributed by atoms with Gasteiger partial charge in [-0.05, 0) is 32.1 Å². The summed E-state index contributed by atoms with van der Waals surface area (Å²) in [5.74, 6) is 0.466. The Bertz CT molecular complexity index is 166. The largest absolute Gasteiger partial charge is 0.390 e. The summed E-state index contributed by atoms with van der Waals surface area (Å²) < 4.78 is 0. The molecular weight excluding hydrogens is 148 g/mol. The van der Waals surface area contributed by atoms with Crippen LogP contribution in [0.1, 0.15) is 46.0 Å². The van der Waals surface area contributed by atoms with Crippen molar-refractivity contribution in [3.8, 4) is 0 Å². The summed E-state index contributed by atoms with van der Waals surface area (Å²) in [6.45, 7) is 8.11. The van der Waals surface area contributed by atoms with Crippen molar-refractivity contribution in [2.24, 2.45) is 5.92 Å². The molecule has 1 saturated carbocycles. The maximum Gasteiger partial charge on any atom is 0.0653 e. The third-order valence-electron chi connectivity index (χ3n) is 3.06. The fourth-order valence-corrected chi connectivity index (χ4v) is 1.98. The van der Waals surface area contributed by atoms with E-state index >= 15 is 0 Å². The minimum Gasteiger partial charge on any atom is -0.390 e. The number of rotatable bonds is 3. The molecule has 1 atom stereocenters. The molecule has 0 saturated heterocycles. The summed E-state index contributed by atoms with van der Waals surface area (Å²) in [5.41, 5.74) is 0.827. The van der Waals surface area contributed by atoms with E-state index in [1.165, 1.54) is 18.4 Å². The van der Waals surface area contributed by atoms with E-state index in [2.05, 4.69) is 13.5 Å². The molecule has 70 valence electrons.